The Labute approximate surface area is 112 Å². The van der Waals surface area contributed by atoms with E-state index in [0.717, 1.165) is 25.7 Å². The Bertz CT molecular complexity index is 241. The van der Waals surface area contributed by atoms with Gasteiger partial charge in [-0.15, -0.1) is 0 Å². The van der Waals surface area contributed by atoms with Gasteiger partial charge in [0.2, 0.25) is 0 Å². The molecule has 0 aromatic heterocycles. The van der Waals surface area contributed by atoms with Gasteiger partial charge in [-0.25, -0.2) is 0 Å². The minimum atomic E-state index is -0.700. The fraction of sp³-hybridized carbons (Fsp3) is 0.688. The molecule has 0 saturated heterocycles. The molecule has 2 nitrogen and oxygen atoms in total. The van der Waals surface area contributed by atoms with Crippen LogP contribution in [0.5, 0.6) is 0 Å². The molecule has 0 unspecified atom stereocenters. The first-order chi connectivity index (χ1) is 8.77. The summed E-state index contributed by atoms with van der Waals surface area (Å²) in [6.45, 7) is 2.23. The van der Waals surface area contributed by atoms with Gasteiger partial charge in [-0.3, -0.25) is 4.79 Å². The third-order valence-corrected chi connectivity index (χ3v) is 2.82. The van der Waals surface area contributed by atoms with Crippen LogP contribution in [0.25, 0.3) is 0 Å². The van der Waals surface area contributed by atoms with E-state index in [0.29, 0.717) is 0 Å². The molecule has 0 aliphatic carbocycles. The predicted molar refractivity (Wildman–Crippen MR) is 77.8 cm³/mol. The predicted octanol–water partition coefficient (Wildman–Crippen LogP) is 5.10. The largest absolute Gasteiger partial charge is 0.481 e. The summed E-state index contributed by atoms with van der Waals surface area (Å²) in [6, 6.07) is 0. The summed E-state index contributed by atoms with van der Waals surface area (Å²) in [5, 5.41) is 8.46. The van der Waals surface area contributed by atoms with Gasteiger partial charge >= 0.3 is 5.97 Å². The highest BCUT2D eigenvalue weighted by Crippen LogP contribution is 2.04. The van der Waals surface area contributed by atoms with Crippen LogP contribution in [-0.4, -0.2) is 11.1 Å². The van der Waals surface area contributed by atoms with E-state index in [2.05, 4.69) is 31.2 Å². The highest BCUT2D eigenvalue weighted by Gasteiger charge is 1.92. The standard InChI is InChI=1S/C16H28O2/c1-2-3-4-5-6-7-8-9-10-11-12-13-14-15-16(17)18/h7-8,11-12H,2-6,9-10,13-15H2,1H3,(H,17,18)/b8-7+,12-11+. The number of carboxylic acid groups (broad SMARTS) is 1. The highest BCUT2D eigenvalue weighted by molar-refractivity contribution is 5.66. The molecule has 0 heterocycles. The molecule has 1 N–H and O–H groups in total. The van der Waals surface area contributed by atoms with Crippen molar-refractivity contribution in [2.75, 3.05) is 0 Å². The van der Waals surface area contributed by atoms with Crippen molar-refractivity contribution in [2.24, 2.45) is 0 Å². The summed E-state index contributed by atoms with van der Waals surface area (Å²) < 4.78 is 0. The van der Waals surface area contributed by atoms with Gasteiger partial charge < -0.3 is 5.11 Å². The minimum absolute atomic E-state index is 0.280. The van der Waals surface area contributed by atoms with E-state index < -0.39 is 5.97 Å². The zero-order chi connectivity index (χ0) is 13.5. The number of hydrogen-bond acceptors (Lipinski definition) is 1. The number of carbonyl (C=O) groups is 1. The number of hydrogen-bond donors (Lipinski definition) is 1. The molecule has 0 aromatic carbocycles. The molecular formula is C16H28O2. The molecule has 0 bridgehead atoms. The number of aliphatic carboxylic acids is 1. The second kappa shape index (κ2) is 14.0. The lowest BCUT2D eigenvalue weighted by molar-refractivity contribution is -0.137. The molecule has 0 aliphatic heterocycles. The monoisotopic (exact) mass is 252 g/mol. The molecule has 0 rings (SSSR count). The first-order valence-electron chi connectivity index (χ1n) is 7.29. The van der Waals surface area contributed by atoms with Crippen LogP contribution in [0, 0.1) is 0 Å². The van der Waals surface area contributed by atoms with Crippen molar-refractivity contribution in [3.8, 4) is 0 Å². The maximum Gasteiger partial charge on any atom is 0.303 e. The Kier molecular flexibility index (Phi) is 13.2. The molecule has 2 heteroatoms. The summed E-state index contributed by atoms with van der Waals surface area (Å²) in [5.41, 5.74) is 0. The molecule has 18 heavy (non-hydrogen) atoms. The molecule has 0 amide bonds. The van der Waals surface area contributed by atoms with Gasteiger partial charge in [-0.05, 0) is 38.5 Å². The van der Waals surface area contributed by atoms with Crippen molar-refractivity contribution < 1.29 is 9.90 Å². The minimum Gasteiger partial charge on any atom is -0.481 e. The van der Waals surface area contributed by atoms with Crippen molar-refractivity contribution in [1.82, 2.24) is 0 Å². The molecule has 0 saturated carbocycles. The van der Waals surface area contributed by atoms with Crippen LogP contribution in [0.15, 0.2) is 24.3 Å². The van der Waals surface area contributed by atoms with Crippen LogP contribution < -0.4 is 0 Å². The second-order valence-corrected chi connectivity index (χ2v) is 4.66. The van der Waals surface area contributed by atoms with Crippen molar-refractivity contribution in [2.45, 2.75) is 71.1 Å². The Morgan fingerprint density at radius 2 is 1.39 bits per heavy atom. The Morgan fingerprint density at radius 3 is 1.94 bits per heavy atom. The van der Waals surface area contributed by atoms with Crippen molar-refractivity contribution in [3.05, 3.63) is 24.3 Å². The van der Waals surface area contributed by atoms with E-state index in [1.165, 1.54) is 32.1 Å². The van der Waals surface area contributed by atoms with E-state index in [4.69, 9.17) is 5.11 Å². The number of unbranched alkanes of at least 4 members (excludes halogenated alkanes) is 6. The summed E-state index contributed by atoms with van der Waals surface area (Å²) in [7, 11) is 0. The van der Waals surface area contributed by atoms with Gasteiger partial charge in [0.05, 0.1) is 0 Å². The Morgan fingerprint density at radius 1 is 0.833 bits per heavy atom. The fourth-order valence-corrected chi connectivity index (χ4v) is 1.72. The third kappa shape index (κ3) is 14.9. The average molecular weight is 252 g/mol. The van der Waals surface area contributed by atoms with Gasteiger partial charge in [0.15, 0.2) is 0 Å². The lowest BCUT2D eigenvalue weighted by Crippen LogP contribution is -1.92. The number of rotatable bonds is 12. The molecule has 0 aliphatic rings. The van der Waals surface area contributed by atoms with E-state index in [-0.39, 0.29) is 6.42 Å². The van der Waals surface area contributed by atoms with Crippen LogP contribution in [0.2, 0.25) is 0 Å². The Balaban J connectivity index is 3.20. The highest BCUT2D eigenvalue weighted by atomic mass is 16.4. The lowest BCUT2D eigenvalue weighted by Gasteiger charge is -1.94. The first-order valence-corrected chi connectivity index (χ1v) is 7.29. The van der Waals surface area contributed by atoms with Crippen LogP contribution in [0.3, 0.4) is 0 Å². The second-order valence-electron chi connectivity index (χ2n) is 4.66. The summed E-state index contributed by atoms with van der Waals surface area (Å²) in [5.74, 6) is -0.700. The average Bonchev–Trinajstić information content (AvgIpc) is 2.34. The van der Waals surface area contributed by atoms with Gasteiger partial charge in [-0.1, -0.05) is 50.5 Å². The van der Waals surface area contributed by atoms with Gasteiger partial charge in [0.1, 0.15) is 0 Å². The number of carboxylic acids is 1. The van der Waals surface area contributed by atoms with E-state index >= 15 is 0 Å². The summed E-state index contributed by atoms with van der Waals surface area (Å²) in [6.07, 6.45) is 19.4. The molecule has 104 valence electrons. The lowest BCUT2D eigenvalue weighted by atomic mass is 10.1. The van der Waals surface area contributed by atoms with Gasteiger partial charge in [-0.2, -0.15) is 0 Å². The van der Waals surface area contributed by atoms with Crippen molar-refractivity contribution >= 4 is 5.97 Å². The van der Waals surface area contributed by atoms with Crippen molar-refractivity contribution in [3.63, 3.8) is 0 Å². The van der Waals surface area contributed by atoms with Crippen LogP contribution in [0.1, 0.15) is 71.1 Å². The quantitative estimate of drug-likeness (QED) is 0.387. The molecular weight excluding hydrogens is 224 g/mol. The molecule has 0 atom stereocenters. The zero-order valence-corrected chi connectivity index (χ0v) is 11.7. The normalized spacial score (nSPS) is 11.6. The van der Waals surface area contributed by atoms with E-state index in [1.54, 1.807) is 0 Å². The number of allylic oxidation sites excluding steroid dienone is 4. The molecule has 0 radical (unpaired) electrons. The first kappa shape index (κ1) is 16.9. The van der Waals surface area contributed by atoms with E-state index in [9.17, 15) is 4.79 Å². The van der Waals surface area contributed by atoms with Gasteiger partial charge in [0, 0.05) is 6.42 Å². The van der Waals surface area contributed by atoms with Crippen LogP contribution in [0.4, 0.5) is 0 Å². The molecule has 0 spiro atoms. The smallest absolute Gasteiger partial charge is 0.303 e. The SMILES string of the molecule is CCCCCC/C=C/CC/C=C/CCCC(=O)O. The summed E-state index contributed by atoms with van der Waals surface area (Å²) >= 11 is 0. The van der Waals surface area contributed by atoms with Gasteiger partial charge in [0.25, 0.3) is 0 Å². The maximum atomic E-state index is 10.3. The van der Waals surface area contributed by atoms with E-state index in [1.807, 2.05) is 0 Å². The van der Waals surface area contributed by atoms with Crippen LogP contribution in [-0.2, 0) is 4.79 Å². The zero-order valence-electron chi connectivity index (χ0n) is 11.7. The van der Waals surface area contributed by atoms with Crippen molar-refractivity contribution in [1.29, 1.82) is 0 Å². The topological polar surface area (TPSA) is 37.3 Å². The molecule has 0 aromatic rings. The summed E-state index contributed by atoms with van der Waals surface area (Å²) in [4.78, 5) is 10.3. The fourth-order valence-electron chi connectivity index (χ4n) is 1.72. The van der Waals surface area contributed by atoms with Crippen LogP contribution >= 0.6 is 0 Å². The maximum absolute atomic E-state index is 10.3. The third-order valence-electron chi connectivity index (χ3n) is 2.82. The Hall–Kier alpha value is -1.05. The molecule has 0 fully saturated rings.